The second-order valence-corrected chi connectivity index (χ2v) is 8.18. The van der Waals surface area contributed by atoms with Crippen LogP contribution >= 0.6 is 0 Å². The van der Waals surface area contributed by atoms with Gasteiger partial charge in [0.05, 0.1) is 13.2 Å². The van der Waals surface area contributed by atoms with Crippen molar-refractivity contribution in [1.29, 1.82) is 0 Å². The van der Waals surface area contributed by atoms with Crippen molar-refractivity contribution in [2.24, 2.45) is 0 Å². The van der Waals surface area contributed by atoms with Gasteiger partial charge in [0.2, 0.25) is 0 Å². The summed E-state index contributed by atoms with van der Waals surface area (Å²) in [5, 5.41) is 18.6. The van der Waals surface area contributed by atoms with Crippen molar-refractivity contribution in [3.63, 3.8) is 0 Å². The molecule has 0 radical (unpaired) electrons. The second kappa shape index (κ2) is 12.1. The molecule has 2 aromatic carbocycles. The van der Waals surface area contributed by atoms with E-state index in [1.54, 1.807) is 0 Å². The Balaban J connectivity index is 1.83. The molecule has 0 fully saturated rings. The van der Waals surface area contributed by atoms with E-state index in [1.807, 2.05) is 84.6 Å². The van der Waals surface area contributed by atoms with Crippen molar-refractivity contribution < 1.29 is 19.7 Å². The Bertz CT molecular complexity index is 1160. The first-order chi connectivity index (χ1) is 17.6. The summed E-state index contributed by atoms with van der Waals surface area (Å²) in [4.78, 5) is 22.3. The summed E-state index contributed by atoms with van der Waals surface area (Å²) in [7, 11) is 3.82. The number of aliphatic hydroxyl groups excluding tert-OH is 2. The van der Waals surface area contributed by atoms with Gasteiger partial charge in [0, 0.05) is 27.2 Å². The van der Waals surface area contributed by atoms with Crippen LogP contribution in [0, 0.1) is 0 Å². The van der Waals surface area contributed by atoms with E-state index in [4.69, 9.17) is 9.47 Å². The van der Waals surface area contributed by atoms with Crippen molar-refractivity contribution in [2.75, 3.05) is 50.3 Å². The van der Waals surface area contributed by atoms with Crippen LogP contribution in [0.1, 0.15) is 11.1 Å². The van der Waals surface area contributed by atoms with Crippen LogP contribution in [0.25, 0.3) is 11.0 Å². The van der Waals surface area contributed by atoms with Gasteiger partial charge >= 0.3 is 12.0 Å². The molecular weight excluding hydrogens is 460 g/mol. The summed E-state index contributed by atoms with van der Waals surface area (Å²) in [6.07, 6.45) is 0. The van der Waals surface area contributed by atoms with E-state index < -0.39 is 0 Å². The van der Waals surface area contributed by atoms with Gasteiger partial charge in [-0.05, 0) is 11.1 Å². The Kier molecular flexibility index (Phi) is 8.43. The molecule has 0 saturated carbocycles. The lowest BCUT2D eigenvalue weighted by Crippen LogP contribution is -2.22. The van der Waals surface area contributed by atoms with E-state index in [9.17, 15) is 10.2 Å². The molecule has 0 atom stereocenters. The molecule has 188 valence electrons. The molecule has 4 rings (SSSR count). The van der Waals surface area contributed by atoms with Gasteiger partial charge in [-0.2, -0.15) is 19.9 Å². The maximum Gasteiger partial charge on any atom is 0.319 e. The molecule has 0 spiro atoms. The van der Waals surface area contributed by atoms with Crippen molar-refractivity contribution in [1.82, 2.24) is 19.9 Å². The summed E-state index contributed by atoms with van der Waals surface area (Å²) in [5.74, 6) is 1.06. The number of anilines is 2. The molecule has 2 heterocycles. The average Bonchev–Trinajstić information content (AvgIpc) is 2.91. The maximum atomic E-state index is 9.28. The van der Waals surface area contributed by atoms with Gasteiger partial charge < -0.3 is 29.5 Å². The molecule has 0 amide bonds. The SMILES string of the molecule is CN(Cc1ccccc1)c1nc(OCCO)nc2c(N(C)Cc3ccccc3)nc(OCCO)nc12. The quantitative estimate of drug-likeness (QED) is 0.307. The number of nitrogens with zero attached hydrogens (tertiary/aromatic N) is 6. The zero-order valence-electron chi connectivity index (χ0n) is 20.4. The molecule has 0 unspecified atom stereocenters. The van der Waals surface area contributed by atoms with E-state index in [1.165, 1.54) is 0 Å². The summed E-state index contributed by atoms with van der Waals surface area (Å²) < 4.78 is 11.2. The topological polar surface area (TPSA) is 117 Å². The van der Waals surface area contributed by atoms with Gasteiger partial charge in [-0.3, -0.25) is 0 Å². The Morgan fingerprint density at radius 2 is 1.00 bits per heavy atom. The van der Waals surface area contributed by atoms with E-state index in [0.29, 0.717) is 35.8 Å². The molecule has 0 aliphatic rings. The van der Waals surface area contributed by atoms with Gasteiger partial charge in [0.1, 0.15) is 24.2 Å². The standard InChI is InChI=1S/C26H30N6O4/c1-31(17-19-9-5-3-6-10-19)23-21-22(28-25(29-23)35-15-13-33)24(30-26(27-21)36-16-14-34)32(2)18-20-11-7-4-8-12-20/h3-12,33-34H,13-18H2,1-2H3. The van der Waals surface area contributed by atoms with Gasteiger partial charge in [-0.1, -0.05) is 60.7 Å². The largest absolute Gasteiger partial charge is 0.461 e. The fourth-order valence-electron chi connectivity index (χ4n) is 3.75. The van der Waals surface area contributed by atoms with Crippen LogP contribution < -0.4 is 19.3 Å². The first-order valence-corrected chi connectivity index (χ1v) is 11.7. The summed E-state index contributed by atoms with van der Waals surface area (Å²) in [6, 6.07) is 20.2. The second-order valence-electron chi connectivity index (χ2n) is 8.18. The van der Waals surface area contributed by atoms with Crippen LogP contribution in [-0.2, 0) is 13.1 Å². The Morgan fingerprint density at radius 1 is 0.611 bits per heavy atom. The van der Waals surface area contributed by atoms with Crippen molar-refractivity contribution >= 4 is 22.7 Å². The minimum Gasteiger partial charge on any atom is -0.461 e. The molecule has 0 aliphatic carbocycles. The molecule has 36 heavy (non-hydrogen) atoms. The lowest BCUT2D eigenvalue weighted by Gasteiger charge is -2.23. The van der Waals surface area contributed by atoms with Crippen molar-refractivity contribution in [3.05, 3.63) is 71.8 Å². The summed E-state index contributed by atoms with van der Waals surface area (Å²) in [5.41, 5.74) is 3.17. The molecule has 2 N–H and O–H groups in total. The number of benzene rings is 2. The highest BCUT2D eigenvalue weighted by atomic mass is 16.5. The van der Waals surface area contributed by atoms with Crippen LogP contribution in [0.2, 0.25) is 0 Å². The number of hydrogen-bond acceptors (Lipinski definition) is 10. The third-order valence-electron chi connectivity index (χ3n) is 5.36. The van der Waals surface area contributed by atoms with Gasteiger partial charge in [0.25, 0.3) is 0 Å². The maximum absolute atomic E-state index is 9.28. The Hall–Kier alpha value is -4.02. The highest BCUT2D eigenvalue weighted by Gasteiger charge is 2.22. The lowest BCUT2D eigenvalue weighted by molar-refractivity contribution is 0.191. The fourth-order valence-corrected chi connectivity index (χ4v) is 3.75. The van der Waals surface area contributed by atoms with Crippen molar-refractivity contribution in [2.45, 2.75) is 13.1 Å². The van der Waals surface area contributed by atoms with Gasteiger partial charge in [-0.25, -0.2) is 0 Å². The van der Waals surface area contributed by atoms with E-state index in [0.717, 1.165) is 11.1 Å². The van der Waals surface area contributed by atoms with Gasteiger partial charge in [-0.15, -0.1) is 0 Å². The smallest absolute Gasteiger partial charge is 0.319 e. The van der Waals surface area contributed by atoms with E-state index in [2.05, 4.69) is 19.9 Å². The number of hydrogen-bond donors (Lipinski definition) is 2. The Morgan fingerprint density at radius 3 is 1.36 bits per heavy atom. The number of rotatable bonds is 12. The lowest BCUT2D eigenvalue weighted by atomic mass is 10.2. The zero-order valence-corrected chi connectivity index (χ0v) is 20.4. The first kappa shape index (κ1) is 25.1. The predicted molar refractivity (Wildman–Crippen MR) is 137 cm³/mol. The third kappa shape index (κ3) is 6.15. The third-order valence-corrected chi connectivity index (χ3v) is 5.36. The van der Waals surface area contributed by atoms with Crippen LogP contribution in [0.5, 0.6) is 12.0 Å². The molecule has 0 saturated heterocycles. The number of aliphatic hydroxyl groups is 2. The summed E-state index contributed by atoms with van der Waals surface area (Å²) >= 11 is 0. The summed E-state index contributed by atoms with van der Waals surface area (Å²) in [6.45, 7) is 0.919. The molecule has 0 bridgehead atoms. The number of aromatic nitrogens is 4. The van der Waals surface area contributed by atoms with Crippen LogP contribution in [0.4, 0.5) is 11.6 Å². The Labute approximate surface area is 209 Å². The fraction of sp³-hybridized carbons (Fsp3) is 0.308. The van der Waals surface area contributed by atoms with Crippen LogP contribution in [0.15, 0.2) is 60.7 Å². The van der Waals surface area contributed by atoms with E-state index >= 15 is 0 Å². The first-order valence-electron chi connectivity index (χ1n) is 11.7. The molecule has 4 aromatic rings. The number of fused-ring (bicyclic) bond motifs is 1. The zero-order chi connectivity index (χ0) is 25.3. The molecule has 0 aliphatic heterocycles. The predicted octanol–water partition coefficient (Wildman–Crippen LogP) is 2.43. The minimum atomic E-state index is -0.165. The van der Waals surface area contributed by atoms with Gasteiger partial charge in [0.15, 0.2) is 11.6 Å². The molecule has 2 aromatic heterocycles. The molecule has 10 heteroatoms. The van der Waals surface area contributed by atoms with Crippen LogP contribution in [-0.4, -0.2) is 70.7 Å². The molecular formula is C26H30N6O4. The van der Waals surface area contributed by atoms with E-state index in [-0.39, 0.29) is 38.4 Å². The van der Waals surface area contributed by atoms with Crippen molar-refractivity contribution in [3.8, 4) is 12.0 Å². The van der Waals surface area contributed by atoms with Crippen LogP contribution in [0.3, 0.4) is 0 Å². The number of ether oxygens (including phenoxy) is 2. The monoisotopic (exact) mass is 490 g/mol. The average molecular weight is 491 g/mol. The minimum absolute atomic E-state index is 0.0566. The molecule has 10 nitrogen and oxygen atoms in total. The normalized spacial score (nSPS) is 10.9. The highest BCUT2D eigenvalue weighted by Crippen LogP contribution is 2.32. The highest BCUT2D eigenvalue weighted by molar-refractivity contribution is 5.93.